The third-order valence-corrected chi connectivity index (χ3v) is 1.77. The lowest BCUT2D eigenvalue weighted by atomic mass is 10.2. The number of halogens is 2. The summed E-state index contributed by atoms with van der Waals surface area (Å²) < 4.78 is 30.3. The second-order valence-electron chi connectivity index (χ2n) is 2.90. The van der Waals surface area contributed by atoms with Crippen molar-refractivity contribution in [2.45, 2.75) is 6.54 Å². The van der Waals surface area contributed by atoms with Crippen molar-refractivity contribution >= 4 is 0 Å². The van der Waals surface area contributed by atoms with Crippen LogP contribution in [0.3, 0.4) is 0 Å². The molecule has 0 aliphatic rings. The van der Waals surface area contributed by atoms with Gasteiger partial charge in [-0.05, 0) is 6.07 Å². The summed E-state index contributed by atoms with van der Waals surface area (Å²) in [4.78, 5) is 4.93. The van der Waals surface area contributed by atoms with Crippen LogP contribution in [0, 0.1) is 11.6 Å². The maximum atomic E-state index is 13.1. The fraction of sp³-hybridized carbons (Fsp3) is 0.400. The zero-order valence-corrected chi connectivity index (χ0v) is 8.43. The molecule has 1 N–H and O–H groups in total. The van der Waals surface area contributed by atoms with Crippen LogP contribution in [-0.4, -0.2) is 20.3 Å². The van der Waals surface area contributed by atoms with Crippen LogP contribution in [-0.2, 0) is 16.1 Å². The second kappa shape index (κ2) is 6.44. The van der Waals surface area contributed by atoms with Crippen molar-refractivity contribution in [2.24, 2.45) is 0 Å². The zero-order valence-electron chi connectivity index (χ0n) is 8.43. The molecule has 3 nitrogen and oxygen atoms in total. The highest BCUT2D eigenvalue weighted by molar-refractivity contribution is 5.17. The first-order valence-electron chi connectivity index (χ1n) is 4.51. The van der Waals surface area contributed by atoms with Gasteiger partial charge >= 0.3 is 0 Å². The number of hydrogen-bond donors (Lipinski definition) is 1. The van der Waals surface area contributed by atoms with E-state index in [-0.39, 0.29) is 6.54 Å². The van der Waals surface area contributed by atoms with E-state index in [1.807, 2.05) is 0 Å². The molecule has 5 heteroatoms. The van der Waals surface area contributed by atoms with Crippen LogP contribution in [0.5, 0.6) is 0 Å². The molecule has 0 heterocycles. The largest absolute Gasteiger partial charge is 0.382 e. The molecule has 0 saturated heterocycles. The Morgan fingerprint density at radius 1 is 1.27 bits per heavy atom. The summed E-state index contributed by atoms with van der Waals surface area (Å²) in [7, 11) is 1.56. The first-order chi connectivity index (χ1) is 7.24. The van der Waals surface area contributed by atoms with E-state index < -0.39 is 11.6 Å². The predicted octanol–water partition coefficient (Wildman–Crippen LogP) is 1.63. The lowest BCUT2D eigenvalue weighted by molar-refractivity contribution is 0.00307. The van der Waals surface area contributed by atoms with Gasteiger partial charge in [-0.25, -0.2) is 8.78 Å². The van der Waals surface area contributed by atoms with Gasteiger partial charge in [0, 0.05) is 25.3 Å². The SMILES string of the molecule is COCCONCc1ccc(F)cc1F. The number of hydrogen-bond acceptors (Lipinski definition) is 3. The average molecular weight is 217 g/mol. The van der Waals surface area contributed by atoms with E-state index in [2.05, 4.69) is 5.48 Å². The van der Waals surface area contributed by atoms with Gasteiger partial charge in [-0.3, -0.25) is 4.84 Å². The number of benzene rings is 1. The summed E-state index contributed by atoms with van der Waals surface area (Å²) in [6, 6.07) is 3.42. The number of ether oxygens (including phenoxy) is 1. The number of nitrogens with one attached hydrogen (secondary N) is 1. The molecule has 0 aromatic heterocycles. The van der Waals surface area contributed by atoms with Crippen molar-refractivity contribution in [2.75, 3.05) is 20.3 Å². The van der Waals surface area contributed by atoms with Crippen molar-refractivity contribution in [1.29, 1.82) is 0 Å². The highest BCUT2D eigenvalue weighted by Gasteiger charge is 2.02. The summed E-state index contributed by atoms with van der Waals surface area (Å²) in [5, 5.41) is 0. The molecule has 0 unspecified atom stereocenters. The minimum atomic E-state index is -0.587. The maximum absolute atomic E-state index is 13.1. The first kappa shape index (κ1) is 12.0. The summed E-state index contributed by atoms with van der Waals surface area (Å²) in [6.07, 6.45) is 0. The summed E-state index contributed by atoms with van der Waals surface area (Å²) in [5.74, 6) is -1.17. The normalized spacial score (nSPS) is 10.6. The molecule has 84 valence electrons. The molecular formula is C10H13F2NO2. The maximum Gasteiger partial charge on any atom is 0.130 e. The highest BCUT2D eigenvalue weighted by Crippen LogP contribution is 2.08. The van der Waals surface area contributed by atoms with Gasteiger partial charge in [0.25, 0.3) is 0 Å². The average Bonchev–Trinajstić information content (AvgIpc) is 2.20. The summed E-state index contributed by atoms with van der Waals surface area (Å²) >= 11 is 0. The fourth-order valence-electron chi connectivity index (χ4n) is 0.991. The Hall–Kier alpha value is -1.04. The van der Waals surface area contributed by atoms with Crippen molar-refractivity contribution in [3.05, 3.63) is 35.4 Å². The molecule has 0 aliphatic carbocycles. The van der Waals surface area contributed by atoms with E-state index in [1.165, 1.54) is 12.1 Å². The third-order valence-electron chi connectivity index (χ3n) is 1.77. The highest BCUT2D eigenvalue weighted by atomic mass is 19.1. The van der Waals surface area contributed by atoms with Crippen LogP contribution in [0.15, 0.2) is 18.2 Å². The number of rotatable bonds is 6. The van der Waals surface area contributed by atoms with Gasteiger partial charge in [0.2, 0.25) is 0 Å². The molecule has 0 aliphatic heterocycles. The fourth-order valence-corrected chi connectivity index (χ4v) is 0.991. The second-order valence-corrected chi connectivity index (χ2v) is 2.90. The van der Waals surface area contributed by atoms with Crippen LogP contribution in [0.25, 0.3) is 0 Å². The predicted molar refractivity (Wildman–Crippen MR) is 51.0 cm³/mol. The summed E-state index contributed by atoms with van der Waals surface area (Å²) in [6.45, 7) is 1.02. The molecule has 0 atom stereocenters. The van der Waals surface area contributed by atoms with Gasteiger partial charge in [0.15, 0.2) is 0 Å². The lowest BCUT2D eigenvalue weighted by Gasteiger charge is -2.06. The van der Waals surface area contributed by atoms with E-state index >= 15 is 0 Å². The lowest BCUT2D eigenvalue weighted by Crippen LogP contribution is -2.17. The topological polar surface area (TPSA) is 30.5 Å². The quantitative estimate of drug-likeness (QED) is 0.580. The Morgan fingerprint density at radius 3 is 2.73 bits per heavy atom. The van der Waals surface area contributed by atoms with Gasteiger partial charge in [-0.15, -0.1) is 0 Å². The molecule has 0 spiro atoms. The van der Waals surface area contributed by atoms with E-state index in [1.54, 1.807) is 7.11 Å². The van der Waals surface area contributed by atoms with Crippen LogP contribution in [0.2, 0.25) is 0 Å². The smallest absolute Gasteiger partial charge is 0.130 e. The minimum Gasteiger partial charge on any atom is -0.382 e. The van der Waals surface area contributed by atoms with Crippen molar-refractivity contribution in [3.63, 3.8) is 0 Å². The number of hydroxylamine groups is 1. The van der Waals surface area contributed by atoms with Crippen LogP contribution < -0.4 is 5.48 Å². The molecular weight excluding hydrogens is 204 g/mol. The molecule has 0 radical (unpaired) electrons. The molecule has 0 amide bonds. The van der Waals surface area contributed by atoms with Gasteiger partial charge < -0.3 is 4.74 Å². The Bertz CT molecular complexity index is 307. The summed E-state index contributed by atoms with van der Waals surface area (Å²) in [5.41, 5.74) is 2.91. The molecule has 0 fully saturated rings. The number of methoxy groups -OCH3 is 1. The standard InChI is InChI=1S/C10H13F2NO2/c1-14-4-5-15-13-7-8-2-3-9(11)6-10(8)12/h2-3,6,13H,4-5,7H2,1H3. The van der Waals surface area contributed by atoms with Crippen molar-refractivity contribution in [3.8, 4) is 0 Å². The van der Waals surface area contributed by atoms with Crippen LogP contribution in [0.4, 0.5) is 8.78 Å². The molecule has 1 aromatic carbocycles. The van der Waals surface area contributed by atoms with E-state index in [9.17, 15) is 8.78 Å². The third kappa shape index (κ3) is 4.33. The molecule has 0 saturated carbocycles. The zero-order chi connectivity index (χ0) is 11.1. The Morgan fingerprint density at radius 2 is 2.07 bits per heavy atom. The van der Waals surface area contributed by atoms with Crippen LogP contribution >= 0.6 is 0 Å². The molecule has 0 bridgehead atoms. The van der Waals surface area contributed by atoms with Gasteiger partial charge in [0.05, 0.1) is 13.2 Å². The Kier molecular flexibility index (Phi) is 5.17. The first-order valence-corrected chi connectivity index (χ1v) is 4.51. The van der Waals surface area contributed by atoms with Gasteiger partial charge in [-0.1, -0.05) is 6.07 Å². The van der Waals surface area contributed by atoms with Crippen molar-refractivity contribution in [1.82, 2.24) is 5.48 Å². The minimum absolute atomic E-state index is 0.190. The monoisotopic (exact) mass is 217 g/mol. The molecule has 15 heavy (non-hydrogen) atoms. The van der Waals surface area contributed by atoms with Gasteiger partial charge in [0.1, 0.15) is 11.6 Å². The molecule has 1 rings (SSSR count). The van der Waals surface area contributed by atoms with E-state index in [4.69, 9.17) is 9.57 Å². The van der Waals surface area contributed by atoms with E-state index in [0.29, 0.717) is 18.8 Å². The van der Waals surface area contributed by atoms with Crippen LogP contribution in [0.1, 0.15) is 5.56 Å². The molecule has 1 aromatic rings. The van der Waals surface area contributed by atoms with Crippen molar-refractivity contribution < 1.29 is 18.4 Å². The Balaban J connectivity index is 2.31. The Labute approximate surface area is 87.0 Å². The van der Waals surface area contributed by atoms with Gasteiger partial charge in [-0.2, -0.15) is 5.48 Å². The van der Waals surface area contributed by atoms with E-state index in [0.717, 1.165) is 6.07 Å².